The Kier molecular flexibility index (Phi) is 5.10. The molecule has 4 rings (SSSR count). The van der Waals surface area contributed by atoms with Gasteiger partial charge in [-0.2, -0.15) is 0 Å². The molecule has 0 aliphatic heterocycles. The van der Waals surface area contributed by atoms with Crippen molar-refractivity contribution in [3.05, 3.63) is 63.6 Å². The first-order chi connectivity index (χ1) is 13.0. The third kappa shape index (κ3) is 3.96. The maximum atomic E-state index is 13.4. The van der Waals surface area contributed by atoms with E-state index in [1.807, 2.05) is 11.4 Å². The lowest BCUT2D eigenvalue weighted by atomic mass is 10.1. The Morgan fingerprint density at radius 1 is 1.30 bits per heavy atom. The molecule has 1 atom stereocenters. The highest BCUT2D eigenvalue weighted by Gasteiger charge is 2.31. The molecular weight excluding hydrogens is 388 g/mol. The quantitative estimate of drug-likeness (QED) is 0.414. The van der Waals surface area contributed by atoms with Crippen LogP contribution in [0.3, 0.4) is 0 Å². The Labute approximate surface area is 163 Å². The van der Waals surface area contributed by atoms with Crippen molar-refractivity contribution in [2.24, 2.45) is 0 Å². The van der Waals surface area contributed by atoms with Crippen LogP contribution < -0.4 is 0 Å². The fourth-order valence-corrected chi connectivity index (χ4v) is 4.59. The van der Waals surface area contributed by atoms with Gasteiger partial charge < -0.3 is 4.57 Å². The van der Waals surface area contributed by atoms with Gasteiger partial charge in [0.25, 0.3) is 0 Å². The SMILES string of the molecule is C[C@@H](Sc1nnc(Cc2cccs2)n1C1CC1)C(=O)c1ccc(F)c(F)c1. The second-order valence-corrected chi connectivity index (χ2v) is 8.85. The van der Waals surface area contributed by atoms with Crippen LogP contribution in [0.4, 0.5) is 8.78 Å². The highest BCUT2D eigenvalue weighted by Crippen LogP contribution is 2.40. The first kappa shape index (κ1) is 18.3. The molecule has 1 fully saturated rings. The summed E-state index contributed by atoms with van der Waals surface area (Å²) in [7, 11) is 0. The average Bonchev–Trinajstić information content (AvgIpc) is 3.21. The van der Waals surface area contributed by atoms with Gasteiger partial charge in [0.15, 0.2) is 22.6 Å². The average molecular weight is 405 g/mol. The smallest absolute Gasteiger partial charge is 0.192 e. The van der Waals surface area contributed by atoms with Crippen LogP contribution in [-0.2, 0) is 6.42 Å². The predicted molar refractivity (Wildman–Crippen MR) is 101 cm³/mol. The van der Waals surface area contributed by atoms with Crippen LogP contribution in [0, 0.1) is 11.6 Å². The van der Waals surface area contributed by atoms with Crippen molar-refractivity contribution in [2.45, 2.75) is 42.6 Å². The van der Waals surface area contributed by atoms with Gasteiger partial charge in [0, 0.05) is 22.9 Å². The molecule has 27 heavy (non-hydrogen) atoms. The van der Waals surface area contributed by atoms with Gasteiger partial charge in [-0.25, -0.2) is 8.78 Å². The molecule has 0 amide bonds. The minimum atomic E-state index is -1.02. The molecule has 0 N–H and O–H groups in total. The fraction of sp³-hybridized carbons (Fsp3) is 0.316. The Balaban J connectivity index is 1.54. The van der Waals surface area contributed by atoms with Gasteiger partial charge >= 0.3 is 0 Å². The van der Waals surface area contributed by atoms with Crippen molar-refractivity contribution in [3.63, 3.8) is 0 Å². The fourth-order valence-electron chi connectivity index (χ4n) is 2.87. The molecule has 0 bridgehead atoms. The number of thioether (sulfide) groups is 1. The van der Waals surface area contributed by atoms with Crippen molar-refractivity contribution in [1.82, 2.24) is 14.8 Å². The summed E-state index contributed by atoms with van der Waals surface area (Å²) in [5.41, 5.74) is 0.158. The first-order valence-corrected chi connectivity index (χ1v) is 10.4. The van der Waals surface area contributed by atoms with E-state index in [1.54, 1.807) is 18.3 Å². The molecule has 0 radical (unpaired) electrons. The van der Waals surface area contributed by atoms with Crippen molar-refractivity contribution in [1.29, 1.82) is 0 Å². The van der Waals surface area contributed by atoms with Crippen molar-refractivity contribution >= 4 is 28.9 Å². The van der Waals surface area contributed by atoms with Gasteiger partial charge in [0.05, 0.1) is 5.25 Å². The summed E-state index contributed by atoms with van der Waals surface area (Å²) in [6.07, 6.45) is 2.87. The zero-order chi connectivity index (χ0) is 19.0. The molecular formula is C19H17F2N3OS2. The third-order valence-electron chi connectivity index (χ3n) is 4.42. The zero-order valence-corrected chi connectivity index (χ0v) is 16.2. The van der Waals surface area contributed by atoms with Crippen LogP contribution in [0.15, 0.2) is 40.9 Å². The number of hydrogen-bond acceptors (Lipinski definition) is 5. The van der Waals surface area contributed by atoms with E-state index in [2.05, 4.69) is 20.8 Å². The summed E-state index contributed by atoms with van der Waals surface area (Å²) >= 11 is 2.99. The summed E-state index contributed by atoms with van der Waals surface area (Å²) in [4.78, 5) is 13.8. The number of aromatic nitrogens is 3. The summed E-state index contributed by atoms with van der Waals surface area (Å²) in [5.74, 6) is -1.34. The maximum absolute atomic E-state index is 13.4. The van der Waals surface area contributed by atoms with E-state index >= 15 is 0 Å². The lowest BCUT2D eigenvalue weighted by molar-refractivity contribution is 0.0993. The zero-order valence-electron chi connectivity index (χ0n) is 14.6. The van der Waals surface area contributed by atoms with Crippen molar-refractivity contribution < 1.29 is 13.6 Å². The van der Waals surface area contributed by atoms with Gasteiger partial charge in [0.2, 0.25) is 0 Å². The van der Waals surface area contributed by atoms with Crippen LogP contribution in [0.1, 0.15) is 46.9 Å². The number of hydrogen-bond donors (Lipinski definition) is 0. The standard InChI is InChI=1S/C19H17F2N3OS2/c1-11(18(25)12-4-7-15(20)16(21)9-12)27-19-23-22-17(24(19)13-5-6-13)10-14-3-2-8-26-14/h2-4,7-9,11,13H,5-6,10H2,1H3/t11-/m1/s1. The molecule has 140 valence electrons. The molecule has 4 nitrogen and oxygen atoms in total. The van der Waals surface area contributed by atoms with E-state index in [9.17, 15) is 13.6 Å². The Morgan fingerprint density at radius 2 is 2.11 bits per heavy atom. The summed E-state index contributed by atoms with van der Waals surface area (Å²) < 4.78 is 28.7. The molecule has 2 heterocycles. The van der Waals surface area contributed by atoms with E-state index in [0.717, 1.165) is 30.8 Å². The molecule has 0 unspecified atom stereocenters. The van der Waals surface area contributed by atoms with E-state index in [1.165, 1.54) is 22.7 Å². The van der Waals surface area contributed by atoms with Crippen LogP contribution in [0.2, 0.25) is 0 Å². The highest BCUT2D eigenvalue weighted by molar-refractivity contribution is 8.00. The maximum Gasteiger partial charge on any atom is 0.192 e. The normalized spacial score (nSPS) is 15.1. The number of rotatable bonds is 7. The molecule has 8 heteroatoms. The van der Waals surface area contributed by atoms with Gasteiger partial charge in [-0.15, -0.1) is 21.5 Å². The minimum absolute atomic E-state index is 0.158. The third-order valence-corrected chi connectivity index (χ3v) is 6.35. The Bertz CT molecular complexity index is 968. The summed E-state index contributed by atoms with van der Waals surface area (Å²) in [5, 5.41) is 10.9. The van der Waals surface area contributed by atoms with Crippen molar-refractivity contribution in [3.8, 4) is 0 Å². The number of halogens is 2. The minimum Gasteiger partial charge on any atom is -0.303 e. The predicted octanol–water partition coefficient (Wildman–Crippen LogP) is 4.91. The number of carbonyl (C=O) groups is 1. The Hall–Kier alpha value is -2.06. The second-order valence-electron chi connectivity index (χ2n) is 6.51. The molecule has 1 saturated carbocycles. The second kappa shape index (κ2) is 7.52. The lowest BCUT2D eigenvalue weighted by Crippen LogP contribution is -2.15. The monoisotopic (exact) mass is 405 g/mol. The van der Waals surface area contributed by atoms with Crippen LogP contribution in [0.25, 0.3) is 0 Å². The van der Waals surface area contributed by atoms with Crippen LogP contribution >= 0.6 is 23.1 Å². The summed E-state index contributed by atoms with van der Waals surface area (Å²) in [6, 6.07) is 7.69. The van der Waals surface area contributed by atoms with E-state index in [-0.39, 0.29) is 11.3 Å². The van der Waals surface area contributed by atoms with Gasteiger partial charge in [-0.1, -0.05) is 17.8 Å². The number of ketones is 1. The van der Waals surface area contributed by atoms with Gasteiger partial charge in [-0.3, -0.25) is 4.79 Å². The van der Waals surface area contributed by atoms with Gasteiger partial charge in [0.1, 0.15) is 5.82 Å². The molecule has 0 saturated heterocycles. The van der Waals surface area contributed by atoms with E-state index in [0.29, 0.717) is 17.6 Å². The number of carbonyl (C=O) groups excluding carboxylic acids is 1. The van der Waals surface area contributed by atoms with E-state index in [4.69, 9.17) is 0 Å². The van der Waals surface area contributed by atoms with E-state index < -0.39 is 16.9 Å². The molecule has 1 aromatic carbocycles. The largest absolute Gasteiger partial charge is 0.303 e. The number of thiophene rings is 1. The van der Waals surface area contributed by atoms with Crippen LogP contribution in [-0.4, -0.2) is 25.8 Å². The van der Waals surface area contributed by atoms with Gasteiger partial charge in [-0.05, 0) is 49.4 Å². The first-order valence-electron chi connectivity index (χ1n) is 8.65. The molecule has 0 spiro atoms. The van der Waals surface area contributed by atoms with Crippen LogP contribution in [0.5, 0.6) is 0 Å². The molecule has 1 aliphatic carbocycles. The lowest BCUT2D eigenvalue weighted by Gasteiger charge is -2.12. The topological polar surface area (TPSA) is 47.8 Å². The van der Waals surface area contributed by atoms with Crippen molar-refractivity contribution in [2.75, 3.05) is 0 Å². The highest BCUT2D eigenvalue weighted by atomic mass is 32.2. The molecule has 3 aromatic rings. The Morgan fingerprint density at radius 3 is 2.78 bits per heavy atom. The number of nitrogens with zero attached hydrogens (tertiary/aromatic N) is 3. The number of Topliss-reactive ketones (excluding diaryl/α,β-unsaturated/α-hetero) is 1. The molecule has 2 aromatic heterocycles. The summed E-state index contributed by atoms with van der Waals surface area (Å²) in [6.45, 7) is 1.75. The molecule has 1 aliphatic rings. The number of benzene rings is 1.